The third-order valence-corrected chi connectivity index (χ3v) is 5.63. The van der Waals surface area contributed by atoms with Gasteiger partial charge in [0.2, 0.25) is 0 Å². The van der Waals surface area contributed by atoms with Crippen LogP contribution in [0.1, 0.15) is 24.0 Å². The smallest absolute Gasteiger partial charge is 0.133 e. The number of hydrogen-bond donors (Lipinski definition) is 1. The number of benzene rings is 2. The van der Waals surface area contributed by atoms with E-state index < -0.39 is 0 Å². The van der Waals surface area contributed by atoms with Gasteiger partial charge in [-0.05, 0) is 50.1 Å². The molecule has 3 aromatic rings. The van der Waals surface area contributed by atoms with Crippen molar-refractivity contribution in [2.45, 2.75) is 31.1 Å². The molecule has 0 fully saturated rings. The zero-order chi connectivity index (χ0) is 17.2. The van der Waals surface area contributed by atoms with Crippen LogP contribution in [0.15, 0.2) is 53.4 Å². The fraction of sp³-hybridized carbons (Fsp3) is 0.286. The molecule has 0 atom stereocenters. The summed E-state index contributed by atoms with van der Waals surface area (Å²) in [6, 6.07) is 17.1. The lowest BCUT2D eigenvalue weighted by Gasteiger charge is -2.11. The summed E-state index contributed by atoms with van der Waals surface area (Å²) in [6.45, 7) is 3.16. The first-order chi connectivity index (χ1) is 12.3. The molecule has 25 heavy (non-hydrogen) atoms. The van der Waals surface area contributed by atoms with Crippen molar-refractivity contribution in [3.63, 3.8) is 0 Å². The van der Waals surface area contributed by atoms with Gasteiger partial charge in [-0.1, -0.05) is 36.4 Å². The Labute approximate surface area is 153 Å². The van der Waals surface area contributed by atoms with Crippen molar-refractivity contribution in [3.8, 4) is 16.9 Å². The van der Waals surface area contributed by atoms with Gasteiger partial charge in [0, 0.05) is 22.6 Å². The molecule has 0 amide bonds. The summed E-state index contributed by atoms with van der Waals surface area (Å²) < 4.78 is 2.11. The van der Waals surface area contributed by atoms with Crippen molar-refractivity contribution < 1.29 is 0 Å². The molecule has 3 nitrogen and oxygen atoms in total. The van der Waals surface area contributed by atoms with Gasteiger partial charge >= 0.3 is 0 Å². The Morgan fingerprint density at radius 1 is 1.04 bits per heavy atom. The SMILES string of the molecule is CSc1ccccc1-c1nn(-c2ccccc2C)c2c1CCCCN2. The van der Waals surface area contributed by atoms with Crippen LogP contribution in [0.4, 0.5) is 5.82 Å². The first kappa shape index (κ1) is 16.3. The van der Waals surface area contributed by atoms with Crippen LogP contribution in [0.3, 0.4) is 0 Å². The van der Waals surface area contributed by atoms with Gasteiger partial charge in [0.15, 0.2) is 0 Å². The second-order valence-corrected chi connectivity index (χ2v) is 7.31. The summed E-state index contributed by atoms with van der Waals surface area (Å²) in [5, 5.41) is 8.72. The molecule has 0 saturated carbocycles. The third kappa shape index (κ3) is 2.95. The highest BCUT2D eigenvalue weighted by Gasteiger charge is 2.23. The van der Waals surface area contributed by atoms with E-state index in [1.54, 1.807) is 11.8 Å². The monoisotopic (exact) mass is 349 g/mol. The van der Waals surface area contributed by atoms with Crippen LogP contribution in [-0.4, -0.2) is 22.6 Å². The number of nitrogens with one attached hydrogen (secondary N) is 1. The summed E-state index contributed by atoms with van der Waals surface area (Å²) in [5.41, 5.74) is 6.10. The van der Waals surface area contributed by atoms with Crippen LogP contribution < -0.4 is 5.32 Å². The second-order valence-electron chi connectivity index (χ2n) is 6.46. The van der Waals surface area contributed by atoms with Crippen molar-refractivity contribution >= 4 is 17.6 Å². The quantitative estimate of drug-likeness (QED) is 0.649. The largest absolute Gasteiger partial charge is 0.370 e. The van der Waals surface area contributed by atoms with Crippen molar-refractivity contribution in [1.82, 2.24) is 9.78 Å². The van der Waals surface area contributed by atoms with Crippen molar-refractivity contribution in [3.05, 3.63) is 59.7 Å². The average Bonchev–Trinajstić information content (AvgIpc) is 2.83. The van der Waals surface area contributed by atoms with E-state index in [-0.39, 0.29) is 0 Å². The van der Waals surface area contributed by atoms with Gasteiger partial charge in [-0.15, -0.1) is 11.8 Å². The van der Waals surface area contributed by atoms with Crippen molar-refractivity contribution in [2.24, 2.45) is 0 Å². The molecule has 0 bridgehead atoms. The van der Waals surface area contributed by atoms with Crippen LogP contribution in [-0.2, 0) is 6.42 Å². The molecule has 2 aromatic carbocycles. The van der Waals surface area contributed by atoms with Crippen LogP contribution in [0.25, 0.3) is 16.9 Å². The summed E-state index contributed by atoms with van der Waals surface area (Å²) in [6.07, 6.45) is 5.61. The first-order valence-corrected chi connectivity index (χ1v) is 10.1. The normalized spacial score (nSPS) is 13.8. The van der Waals surface area contributed by atoms with Crippen LogP contribution in [0.5, 0.6) is 0 Å². The van der Waals surface area contributed by atoms with E-state index in [2.05, 4.69) is 71.7 Å². The maximum Gasteiger partial charge on any atom is 0.133 e. The molecule has 0 saturated heterocycles. The van der Waals surface area contributed by atoms with Gasteiger partial charge in [-0.2, -0.15) is 5.10 Å². The molecule has 0 aliphatic carbocycles. The lowest BCUT2D eigenvalue weighted by molar-refractivity contribution is 0.779. The van der Waals surface area contributed by atoms with Gasteiger partial charge in [0.1, 0.15) is 5.82 Å². The molecule has 1 N–H and O–H groups in total. The molecule has 1 aromatic heterocycles. The number of para-hydroxylation sites is 1. The highest BCUT2D eigenvalue weighted by Crippen LogP contribution is 2.38. The van der Waals surface area contributed by atoms with Gasteiger partial charge in [-0.3, -0.25) is 0 Å². The number of aromatic nitrogens is 2. The van der Waals surface area contributed by atoms with E-state index >= 15 is 0 Å². The fourth-order valence-electron chi connectivity index (χ4n) is 3.53. The van der Waals surface area contributed by atoms with Crippen LogP contribution in [0.2, 0.25) is 0 Å². The first-order valence-electron chi connectivity index (χ1n) is 8.85. The van der Waals surface area contributed by atoms with Gasteiger partial charge in [0.25, 0.3) is 0 Å². The maximum atomic E-state index is 5.08. The lowest BCUT2D eigenvalue weighted by Crippen LogP contribution is -2.08. The molecule has 1 aliphatic rings. The van der Waals surface area contributed by atoms with Crippen molar-refractivity contribution in [2.75, 3.05) is 18.1 Å². The number of anilines is 1. The maximum absolute atomic E-state index is 5.08. The van der Waals surface area contributed by atoms with E-state index in [0.29, 0.717) is 0 Å². The summed E-state index contributed by atoms with van der Waals surface area (Å²) in [7, 11) is 0. The molecule has 0 radical (unpaired) electrons. The molecule has 2 heterocycles. The van der Waals surface area contributed by atoms with Crippen LogP contribution in [0, 0.1) is 6.92 Å². The standard InChI is InChI=1S/C21H23N3S/c1-15-9-3-5-12-18(15)24-21-17(11-7-8-14-22-21)20(23-24)16-10-4-6-13-19(16)25-2/h3-6,9-10,12-13,22H,7-8,11,14H2,1-2H3. The summed E-state index contributed by atoms with van der Waals surface area (Å²) in [5.74, 6) is 1.16. The average molecular weight is 350 g/mol. The molecule has 4 rings (SSSR count). The zero-order valence-electron chi connectivity index (χ0n) is 14.7. The highest BCUT2D eigenvalue weighted by atomic mass is 32.2. The Hall–Kier alpha value is -2.20. The topological polar surface area (TPSA) is 29.9 Å². The number of aryl methyl sites for hydroxylation is 1. The van der Waals surface area contributed by atoms with Gasteiger partial charge < -0.3 is 5.32 Å². The highest BCUT2D eigenvalue weighted by molar-refractivity contribution is 7.98. The molecule has 0 spiro atoms. The van der Waals surface area contributed by atoms with E-state index in [9.17, 15) is 0 Å². The van der Waals surface area contributed by atoms with E-state index in [1.165, 1.54) is 34.4 Å². The predicted molar refractivity (Wildman–Crippen MR) is 107 cm³/mol. The second kappa shape index (κ2) is 6.96. The Bertz CT molecular complexity index is 898. The van der Waals surface area contributed by atoms with E-state index in [1.807, 2.05) is 0 Å². The molecule has 128 valence electrons. The summed E-state index contributed by atoms with van der Waals surface area (Å²) in [4.78, 5) is 1.28. The molecule has 4 heteroatoms. The Balaban J connectivity index is 1.96. The molecule has 1 aliphatic heterocycles. The molecule has 0 unspecified atom stereocenters. The van der Waals surface area contributed by atoms with E-state index in [4.69, 9.17) is 5.10 Å². The predicted octanol–water partition coefficient (Wildman–Crippen LogP) is 5.32. The third-order valence-electron chi connectivity index (χ3n) is 4.84. The van der Waals surface area contributed by atoms with Gasteiger partial charge in [0.05, 0.1) is 11.4 Å². The lowest BCUT2D eigenvalue weighted by atomic mass is 10.0. The molecular formula is C21H23N3S. The Morgan fingerprint density at radius 2 is 1.84 bits per heavy atom. The number of nitrogens with zero attached hydrogens (tertiary/aromatic N) is 2. The fourth-order valence-corrected chi connectivity index (χ4v) is 4.13. The summed E-state index contributed by atoms with van der Waals surface area (Å²) >= 11 is 1.78. The minimum atomic E-state index is 1.01. The minimum absolute atomic E-state index is 1.01. The Morgan fingerprint density at radius 3 is 2.68 bits per heavy atom. The minimum Gasteiger partial charge on any atom is -0.370 e. The number of hydrogen-bond acceptors (Lipinski definition) is 3. The number of rotatable bonds is 3. The van der Waals surface area contributed by atoms with Crippen LogP contribution >= 0.6 is 11.8 Å². The number of fused-ring (bicyclic) bond motifs is 1. The van der Waals surface area contributed by atoms with Gasteiger partial charge in [-0.25, -0.2) is 4.68 Å². The zero-order valence-corrected chi connectivity index (χ0v) is 15.6. The number of thioether (sulfide) groups is 1. The Kier molecular flexibility index (Phi) is 4.53. The van der Waals surface area contributed by atoms with Crippen molar-refractivity contribution in [1.29, 1.82) is 0 Å². The molecular weight excluding hydrogens is 326 g/mol. The van der Waals surface area contributed by atoms with E-state index in [0.717, 1.165) is 30.2 Å².